The van der Waals surface area contributed by atoms with Crippen LogP contribution in [-0.2, 0) is 0 Å². The normalized spacial score (nSPS) is 14.0. The molecule has 0 aliphatic carbocycles. The van der Waals surface area contributed by atoms with Crippen molar-refractivity contribution < 1.29 is 9.47 Å². The molecule has 2 aliphatic heterocycles. The minimum atomic E-state index is 0.705. The summed E-state index contributed by atoms with van der Waals surface area (Å²) >= 11 is 0. The number of para-hydroxylation sites is 2. The molecule has 0 fully saturated rings. The Hall–Kier alpha value is -2.48. The van der Waals surface area contributed by atoms with Crippen LogP contribution >= 0.6 is 0 Å². The summed E-state index contributed by atoms with van der Waals surface area (Å²) in [6.45, 7) is 1.41. The molecule has 0 amide bonds. The van der Waals surface area contributed by atoms with E-state index < -0.39 is 0 Å². The van der Waals surface area contributed by atoms with Crippen LogP contribution in [0, 0.1) is 0 Å². The van der Waals surface area contributed by atoms with E-state index in [9.17, 15) is 0 Å². The number of hydrogen-bond acceptors (Lipinski definition) is 2. The van der Waals surface area contributed by atoms with E-state index in [-0.39, 0.29) is 0 Å². The molecule has 100 valence electrons. The number of hydrogen-bond donors (Lipinski definition) is 0. The van der Waals surface area contributed by atoms with Crippen LogP contribution in [-0.4, -0.2) is 13.2 Å². The third kappa shape index (κ3) is 2.91. The molecular formula is C18H16O2. The van der Waals surface area contributed by atoms with Crippen LogP contribution in [0.3, 0.4) is 0 Å². The van der Waals surface area contributed by atoms with Crippen LogP contribution < -0.4 is 9.47 Å². The first-order chi connectivity index (χ1) is 9.93. The Morgan fingerprint density at radius 2 is 1.05 bits per heavy atom. The predicted octanol–water partition coefficient (Wildman–Crippen LogP) is 4.18. The zero-order valence-electron chi connectivity index (χ0n) is 11.2. The zero-order valence-corrected chi connectivity index (χ0v) is 11.2. The molecule has 0 unspecified atom stereocenters. The smallest absolute Gasteiger partial charge is 0.126 e. The first-order valence-electron chi connectivity index (χ1n) is 6.70. The molecule has 4 rings (SSSR count). The van der Waals surface area contributed by atoms with Gasteiger partial charge < -0.3 is 9.47 Å². The lowest BCUT2D eigenvalue weighted by Crippen LogP contribution is -1.98. The summed E-state index contributed by atoms with van der Waals surface area (Å²) in [4.78, 5) is 0. The van der Waals surface area contributed by atoms with Crippen LogP contribution in [0.2, 0.25) is 0 Å². The minimum Gasteiger partial charge on any atom is -0.489 e. The Kier molecular flexibility index (Phi) is 3.83. The molecule has 20 heavy (non-hydrogen) atoms. The highest BCUT2D eigenvalue weighted by Crippen LogP contribution is 2.22. The van der Waals surface area contributed by atoms with Crippen molar-refractivity contribution >= 4 is 12.2 Å². The predicted molar refractivity (Wildman–Crippen MR) is 81.9 cm³/mol. The van der Waals surface area contributed by atoms with Crippen molar-refractivity contribution in [2.45, 2.75) is 0 Å². The lowest BCUT2D eigenvalue weighted by molar-refractivity contribution is 0.358. The van der Waals surface area contributed by atoms with E-state index in [2.05, 4.69) is 12.2 Å². The van der Waals surface area contributed by atoms with Gasteiger partial charge >= 0.3 is 0 Å². The van der Waals surface area contributed by atoms with Crippen LogP contribution in [0.5, 0.6) is 11.5 Å². The van der Waals surface area contributed by atoms with Crippen molar-refractivity contribution in [2.24, 2.45) is 0 Å². The second-order valence-corrected chi connectivity index (χ2v) is 4.50. The third-order valence-electron chi connectivity index (χ3n) is 3.10. The molecule has 0 spiro atoms. The molecule has 0 aromatic heterocycles. The number of rotatable bonds is 0. The molecule has 0 N–H and O–H groups in total. The number of fused-ring (bicyclic) bond motifs is 2. The quantitative estimate of drug-likeness (QED) is 0.710. The van der Waals surface area contributed by atoms with Gasteiger partial charge in [0.2, 0.25) is 0 Å². The van der Waals surface area contributed by atoms with E-state index in [0.29, 0.717) is 13.2 Å². The summed E-state index contributed by atoms with van der Waals surface area (Å²) in [7, 11) is 0. The zero-order chi connectivity index (χ0) is 13.6. The monoisotopic (exact) mass is 264 g/mol. The lowest BCUT2D eigenvalue weighted by atomic mass is 10.1. The van der Waals surface area contributed by atoms with Gasteiger partial charge in [0.05, 0.1) is 0 Å². The van der Waals surface area contributed by atoms with Crippen LogP contribution in [0.25, 0.3) is 12.2 Å². The highest BCUT2D eigenvalue weighted by Gasteiger charge is 2.01. The van der Waals surface area contributed by atoms with Crippen molar-refractivity contribution in [1.82, 2.24) is 0 Å². The summed E-state index contributed by atoms with van der Waals surface area (Å²) in [6, 6.07) is 16.1. The summed E-state index contributed by atoms with van der Waals surface area (Å²) in [5, 5.41) is 0. The second-order valence-electron chi connectivity index (χ2n) is 4.50. The van der Waals surface area contributed by atoms with Gasteiger partial charge in [-0.1, -0.05) is 48.6 Å². The lowest BCUT2D eigenvalue weighted by Gasteiger charge is -2.10. The molecule has 2 heterocycles. The molecule has 2 aliphatic rings. The average molecular weight is 264 g/mol. The fourth-order valence-electron chi connectivity index (χ4n) is 2.13. The van der Waals surface area contributed by atoms with Gasteiger partial charge in [-0.15, -0.1) is 0 Å². The van der Waals surface area contributed by atoms with Crippen LogP contribution in [0.4, 0.5) is 0 Å². The maximum absolute atomic E-state index is 5.34. The van der Waals surface area contributed by atoms with Crippen molar-refractivity contribution in [2.75, 3.05) is 13.2 Å². The minimum absolute atomic E-state index is 0.705. The van der Waals surface area contributed by atoms with Crippen molar-refractivity contribution in [3.8, 4) is 11.5 Å². The van der Waals surface area contributed by atoms with E-state index in [4.69, 9.17) is 9.47 Å². The number of benzene rings is 2. The largest absolute Gasteiger partial charge is 0.489 e. The maximum atomic E-state index is 5.34. The molecule has 0 saturated heterocycles. The Bertz CT molecular complexity index is 584. The van der Waals surface area contributed by atoms with Gasteiger partial charge in [-0.2, -0.15) is 0 Å². The first-order valence-corrected chi connectivity index (χ1v) is 6.70. The fraction of sp³-hybridized carbons (Fsp3) is 0.111. The highest BCUT2D eigenvalue weighted by atomic mass is 16.5. The van der Waals surface area contributed by atoms with Gasteiger partial charge in [0.25, 0.3) is 0 Å². The molecule has 2 heteroatoms. The SMILES string of the molecule is C1=Cc2ccccc2OC1.C1=Cc2ccccc2OC1. The third-order valence-corrected chi connectivity index (χ3v) is 3.10. The van der Waals surface area contributed by atoms with Crippen LogP contribution in [0.15, 0.2) is 60.7 Å². The topological polar surface area (TPSA) is 18.5 Å². The van der Waals surface area contributed by atoms with E-state index in [1.54, 1.807) is 0 Å². The molecule has 0 radical (unpaired) electrons. The summed E-state index contributed by atoms with van der Waals surface area (Å²) in [5.74, 6) is 1.98. The first kappa shape index (κ1) is 12.5. The van der Waals surface area contributed by atoms with Gasteiger partial charge in [-0.3, -0.25) is 0 Å². The molecular weight excluding hydrogens is 248 g/mol. The second kappa shape index (κ2) is 6.11. The van der Waals surface area contributed by atoms with Crippen LogP contribution in [0.1, 0.15) is 11.1 Å². The van der Waals surface area contributed by atoms with Gasteiger partial charge in [-0.05, 0) is 24.3 Å². The van der Waals surface area contributed by atoms with E-state index in [0.717, 1.165) is 11.5 Å². The van der Waals surface area contributed by atoms with Gasteiger partial charge in [-0.25, -0.2) is 0 Å². The van der Waals surface area contributed by atoms with Gasteiger partial charge in [0.15, 0.2) is 0 Å². The van der Waals surface area contributed by atoms with Gasteiger partial charge in [0, 0.05) is 11.1 Å². The molecule has 0 bridgehead atoms. The Labute approximate surface area is 119 Å². The average Bonchev–Trinajstić information content (AvgIpc) is 2.56. The Balaban J connectivity index is 0.000000121. The summed E-state index contributed by atoms with van der Waals surface area (Å²) in [5.41, 5.74) is 2.35. The summed E-state index contributed by atoms with van der Waals surface area (Å²) in [6.07, 6.45) is 8.20. The molecule has 2 aromatic rings. The van der Waals surface area contributed by atoms with Crippen molar-refractivity contribution in [3.63, 3.8) is 0 Å². The molecule has 2 nitrogen and oxygen atoms in total. The molecule has 0 atom stereocenters. The standard InChI is InChI=1S/2C9H8O/c2*1-2-6-9-8(4-1)5-3-7-10-9/h2*1-6H,7H2. The van der Waals surface area contributed by atoms with E-state index in [1.165, 1.54) is 11.1 Å². The Morgan fingerprint density at radius 1 is 0.600 bits per heavy atom. The highest BCUT2D eigenvalue weighted by molar-refractivity contribution is 5.59. The van der Waals surface area contributed by atoms with E-state index in [1.807, 2.05) is 60.7 Å². The maximum Gasteiger partial charge on any atom is 0.126 e. The fourth-order valence-corrected chi connectivity index (χ4v) is 2.13. The Morgan fingerprint density at radius 3 is 1.50 bits per heavy atom. The molecule has 2 aromatic carbocycles. The van der Waals surface area contributed by atoms with Gasteiger partial charge in [0.1, 0.15) is 24.7 Å². The van der Waals surface area contributed by atoms with E-state index >= 15 is 0 Å². The summed E-state index contributed by atoms with van der Waals surface area (Å²) < 4.78 is 10.7. The molecule has 0 saturated carbocycles. The number of ether oxygens (including phenoxy) is 2. The van der Waals surface area contributed by atoms with Crippen molar-refractivity contribution in [1.29, 1.82) is 0 Å². The van der Waals surface area contributed by atoms with Crippen molar-refractivity contribution in [3.05, 3.63) is 71.8 Å².